The molecule has 1 aliphatic heterocycles. The van der Waals surface area contributed by atoms with E-state index >= 15 is 0 Å². The van der Waals surface area contributed by atoms with Gasteiger partial charge in [-0.15, -0.1) is 0 Å². The normalized spacial score (nSPS) is 22.0. The predicted molar refractivity (Wildman–Crippen MR) is 76.3 cm³/mol. The van der Waals surface area contributed by atoms with E-state index in [1.54, 1.807) is 6.92 Å². The summed E-state index contributed by atoms with van der Waals surface area (Å²) in [4.78, 5) is 34.2. The average molecular weight is 282 g/mol. The number of amides is 2. The van der Waals surface area contributed by atoms with Crippen LogP contribution in [0.15, 0.2) is 49.1 Å². The second-order valence-electron chi connectivity index (χ2n) is 4.83. The molecule has 0 bridgehead atoms. The maximum atomic E-state index is 12.7. The van der Waals surface area contributed by atoms with E-state index < -0.39 is 12.1 Å². The van der Waals surface area contributed by atoms with Gasteiger partial charge in [-0.25, -0.2) is 9.97 Å². The highest BCUT2D eigenvalue weighted by molar-refractivity contribution is 6.08. The minimum absolute atomic E-state index is 0.192. The molecule has 1 aliphatic rings. The van der Waals surface area contributed by atoms with Crippen LogP contribution in [-0.4, -0.2) is 27.8 Å². The number of benzene rings is 1. The number of hydrogen-bond acceptors (Lipinski definition) is 4. The minimum Gasteiger partial charge on any atom is -0.339 e. The van der Waals surface area contributed by atoms with Crippen molar-refractivity contribution in [1.82, 2.24) is 15.3 Å². The van der Waals surface area contributed by atoms with E-state index in [-0.39, 0.29) is 11.8 Å². The topological polar surface area (TPSA) is 75.2 Å². The first kappa shape index (κ1) is 13.2. The summed E-state index contributed by atoms with van der Waals surface area (Å²) in [6, 6.07) is 7.89. The zero-order valence-electron chi connectivity index (χ0n) is 11.4. The zero-order chi connectivity index (χ0) is 14.8. The fourth-order valence-electron chi connectivity index (χ4n) is 2.41. The molecule has 2 amide bonds. The Kier molecular flexibility index (Phi) is 3.35. The molecule has 0 saturated carbocycles. The number of hydrogen-bond donors (Lipinski definition) is 1. The van der Waals surface area contributed by atoms with Crippen LogP contribution in [0, 0.1) is 0 Å². The van der Waals surface area contributed by atoms with Crippen LogP contribution in [0.25, 0.3) is 0 Å². The molecule has 1 N–H and O–H groups in total. The summed E-state index contributed by atoms with van der Waals surface area (Å²) in [6.45, 7) is 1.68. The molecular formula is C15H14N4O2. The molecule has 2 atom stereocenters. The van der Waals surface area contributed by atoms with E-state index in [1.807, 2.05) is 30.3 Å². The summed E-state index contributed by atoms with van der Waals surface area (Å²) in [5.74, 6) is -0.393. The summed E-state index contributed by atoms with van der Waals surface area (Å²) in [7, 11) is 0. The Balaban J connectivity index is 2.00. The second-order valence-corrected chi connectivity index (χ2v) is 4.83. The first-order valence-corrected chi connectivity index (χ1v) is 6.62. The van der Waals surface area contributed by atoms with Crippen LogP contribution in [0.5, 0.6) is 0 Å². The molecule has 3 rings (SSSR count). The fraction of sp³-hybridized carbons (Fsp3) is 0.200. The lowest BCUT2D eigenvalue weighted by atomic mass is 10.0. The molecule has 2 heterocycles. The van der Waals surface area contributed by atoms with E-state index in [0.29, 0.717) is 5.69 Å². The first-order valence-electron chi connectivity index (χ1n) is 6.62. The number of nitrogens with one attached hydrogen (secondary N) is 1. The predicted octanol–water partition coefficient (Wildman–Crippen LogP) is 1.07. The summed E-state index contributed by atoms with van der Waals surface area (Å²) in [6.07, 6.45) is 4.45. The number of nitrogens with zero attached hydrogens (tertiary/aromatic N) is 3. The SMILES string of the molecule is CC1C(=O)NC(c2ccccc2)C(=O)N1c1cncnc1. The van der Waals surface area contributed by atoms with Gasteiger partial charge in [0.25, 0.3) is 5.91 Å². The molecule has 6 nitrogen and oxygen atoms in total. The lowest BCUT2D eigenvalue weighted by molar-refractivity contribution is -0.133. The van der Waals surface area contributed by atoms with Crippen molar-refractivity contribution in [3.05, 3.63) is 54.6 Å². The largest absolute Gasteiger partial charge is 0.339 e. The maximum Gasteiger partial charge on any atom is 0.255 e. The fourth-order valence-corrected chi connectivity index (χ4v) is 2.41. The van der Waals surface area contributed by atoms with Crippen molar-refractivity contribution >= 4 is 17.5 Å². The number of anilines is 1. The lowest BCUT2D eigenvalue weighted by Crippen LogP contribution is -2.58. The highest BCUT2D eigenvalue weighted by Gasteiger charge is 2.39. The number of rotatable bonds is 2. The molecule has 0 radical (unpaired) electrons. The van der Waals surface area contributed by atoms with Gasteiger partial charge in [0.2, 0.25) is 5.91 Å². The average Bonchev–Trinajstić information content (AvgIpc) is 2.53. The van der Waals surface area contributed by atoms with Crippen LogP contribution in [0.3, 0.4) is 0 Å². The van der Waals surface area contributed by atoms with Crippen molar-refractivity contribution in [2.45, 2.75) is 19.0 Å². The Morgan fingerprint density at radius 2 is 1.76 bits per heavy atom. The van der Waals surface area contributed by atoms with Crippen molar-refractivity contribution in [1.29, 1.82) is 0 Å². The molecule has 1 fully saturated rings. The summed E-state index contributed by atoms with van der Waals surface area (Å²) < 4.78 is 0. The Bertz CT molecular complexity index is 660. The third-order valence-corrected chi connectivity index (χ3v) is 3.50. The van der Waals surface area contributed by atoms with Crippen LogP contribution in [0.2, 0.25) is 0 Å². The monoisotopic (exact) mass is 282 g/mol. The Hall–Kier alpha value is -2.76. The summed E-state index contributed by atoms with van der Waals surface area (Å²) in [5.41, 5.74) is 1.27. The van der Waals surface area contributed by atoms with E-state index in [4.69, 9.17) is 0 Å². The standard InChI is InChI=1S/C15H14N4O2/c1-10-14(20)18-13(11-5-3-2-4-6-11)15(21)19(10)12-7-16-9-17-8-12/h2-10,13H,1H3,(H,18,20). The smallest absolute Gasteiger partial charge is 0.255 e. The van der Waals surface area contributed by atoms with Gasteiger partial charge in [-0.1, -0.05) is 30.3 Å². The molecule has 1 aromatic heterocycles. The van der Waals surface area contributed by atoms with Crippen LogP contribution >= 0.6 is 0 Å². The van der Waals surface area contributed by atoms with Gasteiger partial charge in [-0.2, -0.15) is 0 Å². The highest BCUT2D eigenvalue weighted by atomic mass is 16.2. The van der Waals surface area contributed by atoms with Crippen molar-refractivity contribution in [3.8, 4) is 0 Å². The lowest BCUT2D eigenvalue weighted by Gasteiger charge is -2.37. The molecule has 1 aromatic carbocycles. The second kappa shape index (κ2) is 5.32. The Labute approximate surface area is 121 Å². The molecule has 2 unspecified atom stereocenters. The maximum absolute atomic E-state index is 12.7. The van der Waals surface area contributed by atoms with Crippen LogP contribution in [0.4, 0.5) is 5.69 Å². The Morgan fingerprint density at radius 3 is 2.43 bits per heavy atom. The molecule has 0 aliphatic carbocycles. The zero-order valence-corrected chi connectivity index (χ0v) is 11.4. The molecule has 6 heteroatoms. The van der Waals surface area contributed by atoms with Crippen LogP contribution < -0.4 is 10.2 Å². The number of piperazine rings is 1. The molecule has 21 heavy (non-hydrogen) atoms. The Morgan fingerprint density at radius 1 is 1.10 bits per heavy atom. The van der Waals surface area contributed by atoms with Gasteiger partial charge in [-0.3, -0.25) is 14.5 Å². The van der Waals surface area contributed by atoms with Gasteiger partial charge in [-0.05, 0) is 12.5 Å². The van der Waals surface area contributed by atoms with Crippen LogP contribution in [-0.2, 0) is 9.59 Å². The van der Waals surface area contributed by atoms with Gasteiger partial charge < -0.3 is 5.32 Å². The van der Waals surface area contributed by atoms with Gasteiger partial charge in [0.15, 0.2) is 0 Å². The molecular weight excluding hydrogens is 268 g/mol. The van der Waals surface area contributed by atoms with Crippen molar-refractivity contribution in [3.63, 3.8) is 0 Å². The number of carbonyl (C=O) groups excluding carboxylic acids is 2. The summed E-state index contributed by atoms with van der Waals surface area (Å²) in [5, 5.41) is 2.76. The molecule has 1 saturated heterocycles. The van der Waals surface area contributed by atoms with E-state index in [2.05, 4.69) is 15.3 Å². The molecule has 106 valence electrons. The van der Waals surface area contributed by atoms with Gasteiger partial charge in [0.05, 0.1) is 18.1 Å². The van der Waals surface area contributed by atoms with Crippen LogP contribution in [0.1, 0.15) is 18.5 Å². The highest BCUT2D eigenvalue weighted by Crippen LogP contribution is 2.26. The van der Waals surface area contributed by atoms with E-state index in [9.17, 15) is 9.59 Å². The molecule has 2 aromatic rings. The third kappa shape index (κ3) is 2.35. The van der Waals surface area contributed by atoms with Crippen molar-refractivity contribution < 1.29 is 9.59 Å². The van der Waals surface area contributed by atoms with Crippen molar-refractivity contribution in [2.24, 2.45) is 0 Å². The summed E-state index contributed by atoms with van der Waals surface area (Å²) >= 11 is 0. The quantitative estimate of drug-likeness (QED) is 0.894. The van der Waals surface area contributed by atoms with Gasteiger partial charge >= 0.3 is 0 Å². The minimum atomic E-state index is -0.685. The van der Waals surface area contributed by atoms with E-state index in [1.165, 1.54) is 23.6 Å². The number of aromatic nitrogens is 2. The van der Waals surface area contributed by atoms with Gasteiger partial charge in [0.1, 0.15) is 18.4 Å². The first-order chi connectivity index (χ1) is 10.2. The van der Waals surface area contributed by atoms with Gasteiger partial charge in [0, 0.05) is 0 Å². The number of carbonyl (C=O) groups is 2. The molecule has 0 spiro atoms. The third-order valence-electron chi connectivity index (χ3n) is 3.50. The van der Waals surface area contributed by atoms with Crippen molar-refractivity contribution in [2.75, 3.05) is 4.90 Å². The van der Waals surface area contributed by atoms with E-state index in [0.717, 1.165) is 5.56 Å².